The molecule has 7 heteroatoms. The average molecular weight is 446 g/mol. The van der Waals surface area contributed by atoms with Gasteiger partial charge in [0.2, 0.25) is 0 Å². The molecule has 0 atom stereocenters. The third-order valence-electron chi connectivity index (χ3n) is 5.55. The van der Waals surface area contributed by atoms with Gasteiger partial charge in [0, 0.05) is 23.5 Å². The van der Waals surface area contributed by atoms with Gasteiger partial charge in [0.05, 0.1) is 41.2 Å². The van der Waals surface area contributed by atoms with E-state index in [1.165, 1.54) is 5.56 Å². The van der Waals surface area contributed by atoms with Gasteiger partial charge in [-0.05, 0) is 47.9 Å². The van der Waals surface area contributed by atoms with Crippen LogP contribution in [0.4, 0.5) is 5.69 Å². The maximum Gasteiger partial charge on any atom is 0.162 e. The second-order valence-corrected chi connectivity index (χ2v) is 7.19. The molecule has 2 heterocycles. The third-order valence-corrected chi connectivity index (χ3v) is 5.55. The van der Waals surface area contributed by atoms with Gasteiger partial charge >= 0.3 is 0 Å². The Hall–Kier alpha value is -2.99. The molecule has 0 spiro atoms. The number of nitrogens with zero attached hydrogens (tertiary/aromatic N) is 1. The van der Waals surface area contributed by atoms with Crippen LogP contribution in [0.15, 0.2) is 36.6 Å². The number of anilines is 1. The summed E-state index contributed by atoms with van der Waals surface area (Å²) in [4.78, 5) is 2.33. The summed E-state index contributed by atoms with van der Waals surface area (Å²) in [7, 11) is 6.62. The van der Waals surface area contributed by atoms with E-state index < -0.39 is 0 Å². The van der Waals surface area contributed by atoms with Crippen molar-refractivity contribution >= 4 is 29.9 Å². The number of rotatable bonds is 6. The van der Waals surface area contributed by atoms with E-state index in [2.05, 4.69) is 17.0 Å². The Morgan fingerprint density at radius 2 is 1.52 bits per heavy atom. The molecule has 0 bridgehead atoms. The molecular weight excluding hydrogens is 418 g/mol. The van der Waals surface area contributed by atoms with Gasteiger partial charge < -0.3 is 28.6 Å². The first-order valence-electron chi connectivity index (χ1n) is 9.97. The van der Waals surface area contributed by atoms with E-state index in [0.717, 1.165) is 52.8 Å². The quantitative estimate of drug-likeness (QED) is 0.681. The molecule has 0 saturated carbocycles. The Morgan fingerprint density at radius 3 is 2.23 bits per heavy atom. The van der Waals surface area contributed by atoms with Crippen molar-refractivity contribution in [2.24, 2.45) is 0 Å². The van der Waals surface area contributed by atoms with Crippen molar-refractivity contribution in [3.63, 3.8) is 0 Å². The van der Waals surface area contributed by atoms with Gasteiger partial charge in [0.25, 0.3) is 0 Å². The predicted molar refractivity (Wildman–Crippen MR) is 124 cm³/mol. The molecule has 0 aromatic heterocycles. The number of aryl methyl sites for hydroxylation is 1. The monoisotopic (exact) mass is 445 g/mol. The zero-order valence-corrected chi connectivity index (χ0v) is 19.1. The van der Waals surface area contributed by atoms with Crippen LogP contribution in [-0.2, 0) is 11.2 Å². The first kappa shape index (κ1) is 22.7. The van der Waals surface area contributed by atoms with Gasteiger partial charge in [-0.25, -0.2) is 0 Å². The molecule has 0 saturated heterocycles. The number of hydrogen-bond donors (Lipinski definition) is 0. The van der Waals surface area contributed by atoms with Gasteiger partial charge in [-0.15, -0.1) is 12.4 Å². The molecule has 2 aliphatic heterocycles. The van der Waals surface area contributed by atoms with E-state index in [-0.39, 0.29) is 12.4 Å². The summed E-state index contributed by atoms with van der Waals surface area (Å²) in [5, 5.41) is 2.02. The summed E-state index contributed by atoms with van der Waals surface area (Å²) in [6.45, 7) is 1.56. The van der Waals surface area contributed by atoms with E-state index >= 15 is 0 Å². The molecule has 0 fully saturated rings. The lowest BCUT2D eigenvalue weighted by Crippen LogP contribution is -2.36. The molecule has 166 valence electrons. The molecule has 31 heavy (non-hydrogen) atoms. The highest BCUT2D eigenvalue weighted by Gasteiger charge is 2.22. The van der Waals surface area contributed by atoms with Crippen molar-refractivity contribution in [3.8, 4) is 23.0 Å². The third kappa shape index (κ3) is 4.39. The van der Waals surface area contributed by atoms with Crippen molar-refractivity contribution in [3.05, 3.63) is 52.6 Å². The number of halogens is 1. The normalized spacial score (nSPS) is 14.2. The van der Waals surface area contributed by atoms with Gasteiger partial charge in [-0.2, -0.15) is 0 Å². The van der Waals surface area contributed by atoms with Gasteiger partial charge in [0.1, 0.15) is 5.76 Å². The summed E-state index contributed by atoms with van der Waals surface area (Å²) >= 11 is 0. The molecule has 0 radical (unpaired) electrons. The largest absolute Gasteiger partial charge is 0.493 e. The Bertz CT molecular complexity index is 1100. The molecule has 0 aliphatic carbocycles. The maximum atomic E-state index is 6.03. The number of ether oxygens (including phenoxy) is 5. The first-order valence-corrected chi connectivity index (χ1v) is 9.97. The van der Waals surface area contributed by atoms with Crippen molar-refractivity contribution in [1.29, 1.82) is 0 Å². The van der Waals surface area contributed by atoms with Crippen LogP contribution < -0.4 is 34.3 Å². The van der Waals surface area contributed by atoms with Gasteiger partial charge in [-0.1, -0.05) is 6.08 Å². The van der Waals surface area contributed by atoms with Crippen molar-refractivity contribution in [2.45, 2.75) is 12.8 Å². The van der Waals surface area contributed by atoms with Crippen LogP contribution in [0, 0.1) is 0 Å². The topological polar surface area (TPSA) is 49.4 Å². The molecular formula is C24H28ClNO5. The molecule has 0 N–H and O–H groups in total. The molecule has 6 nitrogen and oxygen atoms in total. The van der Waals surface area contributed by atoms with Crippen LogP contribution in [0.3, 0.4) is 0 Å². The Kier molecular flexibility index (Phi) is 7.23. The summed E-state index contributed by atoms with van der Waals surface area (Å²) < 4.78 is 28.0. The number of methoxy groups -OCH3 is 4. The summed E-state index contributed by atoms with van der Waals surface area (Å²) in [6.07, 6.45) is 7.71. The Labute approximate surface area is 188 Å². The lowest BCUT2D eigenvalue weighted by molar-refractivity contribution is 0.353. The minimum absolute atomic E-state index is 0. The fourth-order valence-electron chi connectivity index (χ4n) is 4.05. The Balaban J connectivity index is 0.00000272. The molecule has 0 unspecified atom stereocenters. The first-order chi connectivity index (χ1) is 14.7. The highest BCUT2D eigenvalue weighted by atomic mass is 35.5. The summed E-state index contributed by atoms with van der Waals surface area (Å²) in [6, 6.07) is 8.09. The van der Waals surface area contributed by atoms with E-state index in [0.29, 0.717) is 18.0 Å². The van der Waals surface area contributed by atoms with Crippen LogP contribution in [0.1, 0.15) is 12.0 Å². The summed E-state index contributed by atoms with van der Waals surface area (Å²) in [5.74, 6) is 3.73. The van der Waals surface area contributed by atoms with Crippen molar-refractivity contribution in [1.82, 2.24) is 0 Å². The zero-order valence-electron chi connectivity index (χ0n) is 18.3. The number of benzene rings is 2. The second-order valence-electron chi connectivity index (χ2n) is 7.19. The van der Waals surface area contributed by atoms with E-state index in [9.17, 15) is 0 Å². The standard InChI is InChI=1S/C24H27NO5.ClH/c1-26-20-11-16-8-6-10-30-24(18(16)13-22(20)28-3)15-25-9-5-7-17-12-21(27-2)23(29-4)14-19(17)25;/h6,8,10-14H,5,7,9,15H2,1-4H3;1H. The second kappa shape index (κ2) is 9.88. The lowest BCUT2D eigenvalue weighted by atomic mass is 10.0. The van der Waals surface area contributed by atoms with Gasteiger partial charge in [0.15, 0.2) is 23.0 Å². The van der Waals surface area contributed by atoms with E-state index in [1.807, 2.05) is 24.3 Å². The molecule has 2 aromatic carbocycles. The molecule has 2 aliphatic rings. The van der Waals surface area contributed by atoms with Gasteiger partial charge in [-0.3, -0.25) is 0 Å². The van der Waals surface area contributed by atoms with Crippen molar-refractivity contribution < 1.29 is 23.7 Å². The van der Waals surface area contributed by atoms with E-state index in [4.69, 9.17) is 23.7 Å². The molecule has 2 aromatic rings. The highest BCUT2D eigenvalue weighted by Crippen LogP contribution is 2.38. The maximum absolute atomic E-state index is 6.03. The Morgan fingerprint density at radius 1 is 0.871 bits per heavy atom. The average Bonchev–Trinajstić information content (AvgIpc) is 2.98. The minimum Gasteiger partial charge on any atom is -0.493 e. The summed E-state index contributed by atoms with van der Waals surface area (Å²) in [5.41, 5.74) is 2.40. The van der Waals surface area contributed by atoms with Crippen LogP contribution in [-0.4, -0.2) is 41.5 Å². The number of fused-ring (bicyclic) bond motifs is 2. The van der Waals surface area contributed by atoms with E-state index in [1.54, 1.807) is 34.7 Å². The van der Waals surface area contributed by atoms with Crippen LogP contribution in [0.5, 0.6) is 23.0 Å². The zero-order chi connectivity index (χ0) is 21.1. The van der Waals surface area contributed by atoms with Crippen molar-refractivity contribution in [2.75, 3.05) is 46.4 Å². The highest BCUT2D eigenvalue weighted by molar-refractivity contribution is 5.85. The van der Waals surface area contributed by atoms with Crippen LogP contribution in [0.25, 0.3) is 11.8 Å². The smallest absolute Gasteiger partial charge is 0.162 e. The molecule has 0 amide bonds. The minimum atomic E-state index is 0. The van der Waals surface area contributed by atoms with Crippen LogP contribution >= 0.6 is 12.4 Å². The number of allylic oxidation sites excluding steroid dienone is 1. The van der Waals surface area contributed by atoms with Crippen LogP contribution in [0.2, 0.25) is 0 Å². The molecule has 4 rings (SSSR count). The fraction of sp³-hybridized carbons (Fsp3) is 0.333. The lowest BCUT2D eigenvalue weighted by Gasteiger charge is -2.32. The predicted octanol–water partition coefficient (Wildman–Crippen LogP) is 3.03. The number of hydrogen-bond acceptors (Lipinski definition) is 6. The fourth-order valence-corrected chi connectivity index (χ4v) is 4.05. The SMILES string of the molecule is COc1cc2c(cc1OC)N(CC1=c3cc(OC)c(OC)cc3=CC=CO1)CCC2.Cl.